The highest BCUT2D eigenvalue weighted by Crippen LogP contribution is 2.22. The van der Waals surface area contributed by atoms with Gasteiger partial charge in [0.05, 0.1) is 5.69 Å². The number of likely N-dealkylation sites (tertiary alicyclic amines) is 1. The van der Waals surface area contributed by atoms with Crippen molar-refractivity contribution in [3.8, 4) is 0 Å². The van der Waals surface area contributed by atoms with Crippen LogP contribution in [-0.4, -0.2) is 41.2 Å². The molecule has 0 bridgehead atoms. The molecule has 2 amide bonds. The van der Waals surface area contributed by atoms with Gasteiger partial charge in [0.1, 0.15) is 6.04 Å². The Kier molecular flexibility index (Phi) is 5.06. The maximum absolute atomic E-state index is 13.1. The lowest BCUT2D eigenvalue weighted by atomic mass is 10.1. The van der Waals surface area contributed by atoms with Crippen LogP contribution in [0.15, 0.2) is 35.3 Å². The number of hydrogen-bond acceptors (Lipinski definition) is 4. The zero-order valence-corrected chi connectivity index (χ0v) is 15.1. The maximum Gasteiger partial charge on any atom is 0.290 e. The van der Waals surface area contributed by atoms with Gasteiger partial charge in [-0.1, -0.05) is 31.5 Å². The molecule has 0 radical (unpaired) electrons. The number of carbonyl (C=O) groups is 2. The summed E-state index contributed by atoms with van der Waals surface area (Å²) in [6.45, 7) is 6.72. The van der Waals surface area contributed by atoms with Gasteiger partial charge in [-0.25, -0.2) is 10.0 Å². The van der Waals surface area contributed by atoms with E-state index in [1.807, 2.05) is 35.2 Å². The molecule has 6 heteroatoms. The van der Waals surface area contributed by atoms with Gasteiger partial charge in [-0.2, -0.15) is 0 Å². The molecule has 1 N–H and O–H groups in total. The van der Waals surface area contributed by atoms with Crippen LogP contribution in [0.4, 0.5) is 5.69 Å². The minimum atomic E-state index is -0.583. The molecule has 0 unspecified atom stereocenters. The number of para-hydroxylation sites is 1. The standard InChI is InChI=1S/C19H26N4O2/c1-13-8-7-9-14(2)22(12-13)19(25)17-20-15(3)18(24)23(21-17)16-10-5-4-6-11-16/h4-6,10-11,13-15H,7-9,12H2,1-3H3,(H,20,21)/t13-,14+,15-/m1/s1. The molecule has 1 aromatic carbocycles. The minimum Gasteiger partial charge on any atom is -0.333 e. The van der Waals surface area contributed by atoms with Crippen LogP contribution in [0.25, 0.3) is 0 Å². The predicted molar refractivity (Wildman–Crippen MR) is 98.2 cm³/mol. The van der Waals surface area contributed by atoms with Gasteiger partial charge in [-0.3, -0.25) is 15.0 Å². The third kappa shape index (κ3) is 3.67. The lowest BCUT2D eigenvalue weighted by Gasteiger charge is -2.34. The van der Waals surface area contributed by atoms with Crippen LogP contribution in [-0.2, 0) is 9.59 Å². The number of amidine groups is 1. The Balaban J connectivity index is 1.84. The Labute approximate surface area is 148 Å². The number of nitrogens with one attached hydrogen (secondary N) is 1. The summed E-state index contributed by atoms with van der Waals surface area (Å²) in [6, 6.07) is 8.88. The molecule has 3 atom stereocenters. The van der Waals surface area contributed by atoms with Crippen molar-refractivity contribution >= 4 is 23.3 Å². The summed E-state index contributed by atoms with van der Waals surface area (Å²) < 4.78 is 0. The van der Waals surface area contributed by atoms with Gasteiger partial charge < -0.3 is 4.90 Å². The summed E-state index contributed by atoms with van der Waals surface area (Å²) in [5, 5.41) is 1.43. The van der Waals surface area contributed by atoms with E-state index in [0.29, 0.717) is 11.6 Å². The van der Waals surface area contributed by atoms with Gasteiger partial charge in [0.25, 0.3) is 11.8 Å². The Morgan fingerprint density at radius 3 is 2.60 bits per heavy atom. The van der Waals surface area contributed by atoms with E-state index in [0.717, 1.165) is 25.8 Å². The average molecular weight is 342 g/mol. The topological polar surface area (TPSA) is 65.0 Å². The van der Waals surface area contributed by atoms with E-state index in [9.17, 15) is 9.59 Å². The van der Waals surface area contributed by atoms with Crippen LogP contribution in [0.3, 0.4) is 0 Å². The fourth-order valence-corrected chi connectivity index (χ4v) is 3.44. The van der Waals surface area contributed by atoms with Crippen LogP contribution in [0.1, 0.15) is 40.0 Å². The third-order valence-corrected chi connectivity index (χ3v) is 4.96. The Morgan fingerprint density at radius 2 is 1.88 bits per heavy atom. The van der Waals surface area contributed by atoms with E-state index in [1.54, 1.807) is 6.92 Å². The van der Waals surface area contributed by atoms with Crippen molar-refractivity contribution in [1.82, 2.24) is 10.3 Å². The SMILES string of the molecule is C[C@@H]1CCC[C@H](C)N(C(=O)C2=N[C@H](C)C(=O)N(c3ccccc3)N2)C1. The number of aliphatic imine (C=N–C) groups is 1. The summed E-state index contributed by atoms with van der Waals surface area (Å²) in [6.07, 6.45) is 3.27. The van der Waals surface area contributed by atoms with Crippen LogP contribution in [0.2, 0.25) is 0 Å². The molecule has 3 rings (SSSR count). The predicted octanol–water partition coefficient (Wildman–Crippen LogP) is 2.36. The fourth-order valence-electron chi connectivity index (χ4n) is 3.44. The molecule has 0 spiro atoms. The second kappa shape index (κ2) is 7.25. The normalized spacial score (nSPS) is 27.4. The first-order chi connectivity index (χ1) is 12.0. The Morgan fingerprint density at radius 1 is 1.16 bits per heavy atom. The molecule has 2 aliphatic heterocycles. The van der Waals surface area contributed by atoms with Gasteiger partial charge in [0, 0.05) is 12.6 Å². The highest BCUT2D eigenvalue weighted by atomic mass is 16.2. The molecule has 0 aromatic heterocycles. The molecule has 2 heterocycles. The molecule has 0 saturated carbocycles. The van der Waals surface area contributed by atoms with E-state index in [1.165, 1.54) is 5.01 Å². The summed E-state index contributed by atoms with van der Waals surface area (Å²) in [5.74, 6) is 0.431. The van der Waals surface area contributed by atoms with E-state index < -0.39 is 6.04 Å². The molecule has 25 heavy (non-hydrogen) atoms. The van der Waals surface area contributed by atoms with Crippen LogP contribution in [0.5, 0.6) is 0 Å². The minimum absolute atomic E-state index is 0.124. The van der Waals surface area contributed by atoms with Gasteiger partial charge in [0.2, 0.25) is 5.84 Å². The van der Waals surface area contributed by atoms with Crippen molar-refractivity contribution in [1.29, 1.82) is 0 Å². The van der Waals surface area contributed by atoms with Gasteiger partial charge in [0.15, 0.2) is 0 Å². The smallest absolute Gasteiger partial charge is 0.290 e. The number of rotatable bonds is 2. The number of nitrogens with zero attached hydrogens (tertiary/aromatic N) is 3. The summed E-state index contributed by atoms with van der Waals surface area (Å²) in [5.41, 5.74) is 3.65. The number of amides is 2. The quantitative estimate of drug-likeness (QED) is 0.897. The highest BCUT2D eigenvalue weighted by molar-refractivity contribution is 6.39. The van der Waals surface area contributed by atoms with Gasteiger partial charge in [-0.05, 0) is 44.7 Å². The largest absolute Gasteiger partial charge is 0.333 e. The van der Waals surface area contributed by atoms with Gasteiger partial charge >= 0.3 is 0 Å². The summed E-state index contributed by atoms with van der Waals surface area (Å²) in [4.78, 5) is 31.8. The lowest BCUT2D eigenvalue weighted by Crippen LogP contribution is -2.59. The van der Waals surface area contributed by atoms with E-state index in [-0.39, 0.29) is 23.7 Å². The first kappa shape index (κ1) is 17.5. The second-order valence-corrected chi connectivity index (χ2v) is 7.12. The maximum atomic E-state index is 13.1. The van der Waals surface area contributed by atoms with Crippen molar-refractivity contribution in [3.05, 3.63) is 30.3 Å². The molecule has 2 aliphatic rings. The first-order valence-electron chi connectivity index (χ1n) is 9.02. The molecule has 6 nitrogen and oxygen atoms in total. The van der Waals surface area contributed by atoms with Crippen LogP contribution >= 0.6 is 0 Å². The Hall–Kier alpha value is -2.37. The zero-order chi connectivity index (χ0) is 18.0. The number of anilines is 1. The number of carbonyl (C=O) groups excluding carboxylic acids is 2. The average Bonchev–Trinajstić information content (AvgIpc) is 2.78. The van der Waals surface area contributed by atoms with Crippen molar-refractivity contribution in [2.45, 2.75) is 52.1 Å². The van der Waals surface area contributed by atoms with E-state index in [2.05, 4.69) is 24.3 Å². The summed E-state index contributed by atoms with van der Waals surface area (Å²) in [7, 11) is 0. The van der Waals surface area contributed by atoms with Crippen molar-refractivity contribution in [2.24, 2.45) is 10.9 Å². The molecule has 0 aliphatic carbocycles. The number of hydrogen-bond donors (Lipinski definition) is 1. The molecular formula is C19H26N4O2. The molecular weight excluding hydrogens is 316 g/mol. The Bertz CT molecular complexity index is 673. The van der Waals surface area contributed by atoms with Crippen molar-refractivity contribution < 1.29 is 9.59 Å². The highest BCUT2D eigenvalue weighted by Gasteiger charge is 2.34. The van der Waals surface area contributed by atoms with Crippen LogP contribution in [0, 0.1) is 5.92 Å². The molecule has 1 fully saturated rings. The lowest BCUT2D eigenvalue weighted by molar-refractivity contribution is -0.126. The number of benzene rings is 1. The van der Waals surface area contributed by atoms with Crippen molar-refractivity contribution in [3.63, 3.8) is 0 Å². The third-order valence-electron chi connectivity index (χ3n) is 4.96. The first-order valence-corrected chi connectivity index (χ1v) is 9.02. The monoisotopic (exact) mass is 342 g/mol. The zero-order valence-electron chi connectivity index (χ0n) is 15.1. The van der Waals surface area contributed by atoms with Gasteiger partial charge in [-0.15, -0.1) is 0 Å². The molecule has 1 aromatic rings. The fraction of sp³-hybridized carbons (Fsp3) is 0.526. The van der Waals surface area contributed by atoms with Crippen molar-refractivity contribution in [2.75, 3.05) is 11.6 Å². The molecule has 134 valence electrons. The number of hydrazine groups is 1. The van der Waals surface area contributed by atoms with Crippen LogP contribution < -0.4 is 10.4 Å². The van der Waals surface area contributed by atoms with E-state index >= 15 is 0 Å². The second-order valence-electron chi connectivity index (χ2n) is 7.12. The molecule has 1 saturated heterocycles. The van der Waals surface area contributed by atoms with E-state index in [4.69, 9.17) is 0 Å². The summed E-state index contributed by atoms with van der Waals surface area (Å²) >= 11 is 0.